The van der Waals surface area contributed by atoms with Crippen molar-refractivity contribution in [2.45, 2.75) is 39.9 Å². The van der Waals surface area contributed by atoms with E-state index < -0.39 is 35.0 Å². The number of ether oxygens (including phenoxy) is 2. The van der Waals surface area contributed by atoms with Crippen LogP contribution in [0.25, 0.3) is 0 Å². The summed E-state index contributed by atoms with van der Waals surface area (Å²) in [5.74, 6) is -1.000. The van der Waals surface area contributed by atoms with Crippen LogP contribution in [0.15, 0.2) is 0 Å². The molecule has 2 aliphatic heterocycles. The largest absolute Gasteiger partial charge is 0.463 e. The molecule has 0 unspecified atom stereocenters. The molecule has 6 nitrogen and oxygen atoms in total. The number of carbonyl (C=O) groups is 2. The molecule has 2 atom stereocenters. The van der Waals surface area contributed by atoms with E-state index in [0.29, 0.717) is 13.2 Å². The van der Waals surface area contributed by atoms with Gasteiger partial charge in [-0.2, -0.15) is 0 Å². The van der Waals surface area contributed by atoms with Gasteiger partial charge in [-0.05, 0) is 0 Å². The first-order chi connectivity index (χ1) is 8.08. The van der Waals surface area contributed by atoms with Crippen LogP contribution in [0.3, 0.4) is 0 Å². The van der Waals surface area contributed by atoms with Crippen molar-refractivity contribution in [3.63, 3.8) is 0 Å². The molecule has 18 heavy (non-hydrogen) atoms. The minimum absolute atomic E-state index is 0.326. The van der Waals surface area contributed by atoms with Crippen LogP contribution in [0, 0.1) is 10.8 Å². The van der Waals surface area contributed by atoms with E-state index in [9.17, 15) is 9.59 Å². The molecule has 0 aromatic carbocycles. The highest BCUT2D eigenvalue weighted by Crippen LogP contribution is 2.28. The summed E-state index contributed by atoms with van der Waals surface area (Å²) in [6.45, 7) is 7.83. The number of aliphatic hydroxyl groups is 2. The lowest BCUT2D eigenvalue weighted by Crippen LogP contribution is -2.29. The average molecular weight is 260 g/mol. The number of esters is 2. The minimum Gasteiger partial charge on any atom is -0.463 e. The van der Waals surface area contributed by atoms with Crippen molar-refractivity contribution in [1.82, 2.24) is 0 Å². The summed E-state index contributed by atoms with van der Waals surface area (Å²) in [5, 5.41) is 18.1. The van der Waals surface area contributed by atoms with E-state index in [1.807, 2.05) is 0 Å². The van der Waals surface area contributed by atoms with Crippen molar-refractivity contribution >= 4 is 11.9 Å². The van der Waals surface area contributed by atoms with Crippen molar-refractivity contribution in [1.29, 1.82) is 0 Å². The highest BCUT2D eigenvalue weighted by molar-refractivity contribution is 5.77. The molecule has 0 saturated carbocycles. The second-order valence-electron chi connectivity index (χ2n) is 6.00. The number of hydrogen-bond donors (Lipinski definition) is 2. The third-order valence-electron chi connectivity index (χ3n) is 3.10. The lowest BCUT2D eigenvalue weighted by molar-refractivity contribution is -0.145. The Labute approximate surface area is 106 Å². The Morgan fingerprint density at radius 3 is 1.22 bits per heavy atom. The molecule has 2 heterocycles. The van der Waals surface area contributed by atoms with Crippen LogP contribution in [-0.2, 0) is 19.1 Å². The molecule has 0 aromatic rings. The number of cyclic esters (lactones) is 2. The zero-order valence-electron chi connectivity index (χ0n) is 11.1. The second-order valence-corrected chi connectivity index (χ2v) is 6.00. The molecule has 0 amide bonds. The van der Waals surface area contributed by atoms with Gasteiger partial charge in [0.1, 0.15) is 0 Å². The monoisotopic (exact) mass is 260 g/mol. The van der Waals surface area contributed by atoms with Crippen molar-refractivity contribution in [2.75, 3.05) is 13.2 Å². The van der Waals surface area contributed by atoms with Crippen LogP contribution in [0.1, 0.15) is 27.7 Å². The van der Waals surface area contributed by atoms with E-state index in [0.717, 1.165) is 0 Å². The fraction of sp³-hybridized carbons (Fsp3) is 0.833. The zero-order chi connectivity index (χ0) is 14.1. The molecule has 2 N–H and O–H groups in total. The smallest absolute Gasteiger partial charge is 0.335 e. The molecular weight excluding hydrogens is 240 g/mol. The van der Waals surface area contributed by atoms with Gasteiger partial charge in [-0.15, -0.1) is 0 Å². The van der Waals surface area contributed by atoms with Crippen molar-refractivity contribution < 1.29 is 29.3 Å². The summed E-state index contributed by atoms with van der Waals surface area (Å²) in [6, 6.07) is 0. The van der Waals surface area contributed by atoms with Gasteiger partial charge in [0.25, 0.3) is 0 Å². The molecule has 2 aliphatic rings. The van der Waals surface area contributed by atoms with Crippen LogP contribution < -0.4 is 0 Å². The standard InChI is InChI=1S/2C6H10O3/c2*1-6(2)3-9-5(8)4(6)7/h2*4,7H,3H2,1-2H3/t2*4-/m10/s1. The molecule has 0 radical (unpaired) electrons. The topological polar surface area (TPSA) is 93.1 Å². The summed E-state index contributed by atoms with van der Waals surface area (Å²) < 4.78 is 9.18. The van der Waals surface area contributed by atoms with E-state index in [1.54, 1.807) is 27.7 Å². The molecule has 2 saturated heterocycles. The maximum absolute atomic E-state index is 10.5. The molecule has 0 bridgehead atoms. The second kappa shape index (κ2) is 4.85. The van der Waals surface area contributed by atoms with Gasteiger partial charge < -0.3 is 19.7 Å². The summed E-state index contributed by atoms with van der Waals surface area (Å²) in [4.78, 5) is 21.0. The lowest BCUT2D eigenvalue weighted by Gasteiger charge is -2.15. The Morgan fingerprint density at radius 2 is 1.17 bits per heavy atom. The van der Waals surface area contributed by atoms with E-state index >= 15 is 0 Å². The molecule has 2 rings (SSSR count). The maximum atomic E-state index is 10.5. The van der Waals surface area contributed by atoms with Gasteiger partial charge in [-0.1, -0.05) is 27.7 Å². The first-order valence-corrected chi connectivity index (χ1v) is 5.77. The number of rotatable bonds is 0. The van der Waals surface area contributed by atoms with E-state index in [1.165, 1.54) is 0 Å². The Kier molecular flexibility index (Phi) is 4.02. The third-order valence-corrected chi connectivity index (χ3v) is 3.10. The molecule has 0 aliphatic carbocycles. The molecule has 104 valence electrons. The Bertz CT molecular complexity index is 312. The number of carbonyl (C=O) groups excluding carboxylic acids is 2. The van der Waals surface area contributed by atoms with Gasteiger partial charge in [0.05, 0.1) is 13.2 Å². The van der Waals surface area contributed by atoms with Gasteiger partial charge in [-0.25, -0.2) is 9.59 Å². The number of hydrogen-bond acceptors (Lipinski definition) is 6. The van der Waals surface area contributed by atoms with Crippen LogP contribution in [-0.4, -0.2) is 47.6 Å². The van der Waals surface area contributed by atoms with Gasteiger partial charge in [0.15, 0.2) is 12.2 Å². The summed E-state index contributed by atoms with van der Waals surface area (Å²) in [7, 11) is 0. The normalized spacial score (nSPS) is 32.3. The van der Waals surface area contributed by atoms with Crippen molar-refractivity contribution in [3.8, 4) is 0 Å². The quantitative estimate of drug-likeness (QED) is 0.589. The summed E-state index contributed by atoms with van der Waals surface area (Å²) in [5.41, 5.74) is -0.784. The fourth-order valence-electron chi connectivity index (χ4n) is 1.47. The molecule has 0 spiro atoms. The van der Waals surface area contributed by atoms with E-state index in [2.05, 4.69) is 9.47 Å². The fourth-order valence-corrected chi connectivity index (χ4v) is 1.47. The van der Waals surface area contributed by atoms with Crippen molar-refractivity contribution in [2.24, 2.45) is 10.8 Å². The van der Waals surface area contributed by atoms with Crippen LogP contribution in [0.2, 0.25) is 0 Å². The minimum atomic E-state index is -0.933. The van der Waals surface area contributed by atoms with Gasteiger partial charge in [-0.3, -0.25) is 0 Å². The van der Waals surface area contributed by atoms with Crippen LogP contribution >= 0.6 is 0 Å². The number of aliphatic hydroxyl groups excluding tert-OH is 2. The highest BCUT2D eigenvalue weighted by atomic mass is 16.6. The lowest BCUT2D eigenvalue weighted by atomic mass is 9.90. The third kappa shape index (κ3) is 3.00. The van der Waals surface area contributed by atoms with Gasteiger partial charge in [0.2, 0.25) is 0 Å². The van der Waals surface area contributed by atoms with E-state index in [4.69, 9.17) is 10.2 Å². The summed E-state index contributed by atoms with van der Waals surface area (Å²) in [6.07, 6.45) is -1.87. The van der Waals surface area contributed by atoms with Crippen molar-refractivity contribution in [3.05, 3.63) is 0 Å². The summed E-state index contributed by atoms with van der Waals surface area (Å²) >= 11 is 0. The Hall–Kier alpha value is -1.14. The van der Waals surface area contributed by atoms with Crippen LogP contribution in [0.4, 0.5) is 0 Å². The SMILES string of the molecule is CC1(C)COC(=O)[C@@H]1O.CC1(C)COC(=O)[C@H]1O. The molecule has 2 fully saturated rings. The highest BCUT2D eigenvalue weighted by Gasteiger charge is 2.42. The zero-order valence-corrected chi connectivity index (χ0v) is 11.1. The van der Waals surface area contributed by atoms with E-state index in [-0.39, 0.29) is 0 Å². The maximum Gasteiger partial charge on any atom is 0.335 e. The Balaban J connectivity index is 0.000000180. The first-order valence-electron chi connectivity index (χ1n) is 5.77. The average Bonchev–Trinajstić information content (AvgIpc) is 2.65. The van der Waals surface area contributed by atoms with Gasteiger partial charge >= 0.3 is 11.9 Å². The molecule has 0 aromatic heterocycles. The molecule has 6 heteroatoms. The Morgan fingerprint density at radius 1 is 0.889 bits per heavy atom. The predicted octanol–water partition coefficient (Wildman–Crippen LogP) is -0.139. The molecular formula is C12H20O6. The van der Waals surface area contributed by atoms with Crippen LogP contribution in [0.5, 0.6) is 0 Å². The van der Waals surface area contributed by atoms with Gasteiger partial charge in [0, 0.05) is 10.8 Å². The first kappa shape index (κ1) is 14.9. The predicted molar refractivity (Wildman–Crippen MR) is 61.5 cm³/mol.